The van der Waals surface area contributed by atoms with Gasteiger partial charge in [-0.1, -0.05) is 18.7 Å². The molecule has 0 aromatic heterocycles. The first-order valence-corrected chi connectivity index (χ1v) is 5.28. The van der Waals surface area contributed by atoms with Gasteiger partial charge in [-0.3, -0.25) is 4.79 Å². The van der Waals surface area contributed by atoms with Crippen molar-refractivity contribution in [2.24, 2.45) is 5.92 Å². The zero-order valence-corrected chi connectivity index (χ0v) is 9.45. The average molecular weight is 206 g/mol. The number of ether oxygens (including phenoxy) is 1. The molecule has 0 saturated carbocycles. The van der Waals surface area contributed by atoms with E-state index in [1.54, 1.807) is 6.92 Å². The van der Waals surface area contributed by atoms with Gasteiger partial charge < -0.3 is 4.74 Å². The molecule has 15 heavy (non-hydrogen) atoms. The minimum absolute atomic E-state index is 0.0933. The first kappa shape index (κ1) is 11.9. The SMILES string of the molecule is C=C/C(=C\C(=C/C)C(C)=O)C1CCOC1. The minimum atomic E-state index is 0.0933. The van der Waals surface area contributed by atoms with Gasteiger partial charge in [0.05, 0.1) is 6.61 Å². The topological polar surface area (TPSA) is 26.3 Å². The summed E-state index contributed by atoms with van der Waals surface area (Å²) >= 11 is 0. The minimum Gasteiger partial charge on any atom is -0.381 e. The Morgan fingerprint density at radius 2 is 2.27 bits per heavy atom. The van der Waals surface area contributed by atoms with Gasteiger partial charge in [0.15, 0.2) is 5.78 Å². The number of Topliss-reactive ketones (excluding diaryl/α,β-unsaturated/α-hetero) is 1. The number of rotatable bonds is 4. The quantitative estimate of drug-likeness (QED) is 0.522. The summed E-state index contributed by atoms with van der Waals surface area (Å²) in [6.07, 6.45) is 6.61. The third-order valence-corrected chi connectivity index (χ3v) is 2.68. The Labute approximate surface area is 91.3 Å². The van der Waals surface area contributed by atoms with Crippen molar-refractivity contribution < 1.29 is 9.53 Å². The molecule has 1 rings (SSSR count). The summed E-state index contributed by atoms with van der Waals surface area (Å²) < 4.78 is 5.32. The van der Waals surface area contributed by atoms with Crippen molar-refractivity contribution in [1.82, 2.24) is 0 Å². The largest absolute Gasteiger partial charge is 0.381 e. The highest BCUT2D eigenvalue weighted by molar-refractivity contribution is 5.96. The Balaban J connectivity index is 2.84. The second-order valence-electron chi connectivity index (χ2n) is 3.71. The molecule has 1 saturated heterocycles. The molecule has 0 spiro atoms. The summed E-state index contributed by atoms with van der Waals surface area (Å²) in [4.78, 5) is 11.3. The standard InChI is InChI=1S/C13H18O2/c1-4-11(10(3)14)8-12(5-2)13-6-7-15-9-13/h4-5,8,13H,2,6-7,9H2,1,3H3/b11-4+,12-8+. The van der Waals surface area contributed by atoms with Crippen LogP contribution in [0.4, 0.5) is 0 Å². The molecule has 1 aliphatic rings. The first-order valence-electron chi connectivity index (χ1n) is 5.28. The predicted octanol–water partition coefficient (Wildman–Crippen LogP) is 2.67. The Morgan fingerprint density at radius 3 is 2.67 bits per heavy atom. The van der Waals surface area contributed by atoms with Crippen molar-refractivity contribution >= 4 is 5.78 Å². The molecule has 82 valence electrons. The fourth-order valence-corrected chi connectivity index (χ4v) is 1.71. The van der Waals surface area contributed by atoms with E-state index >= 15 is 0 Å². The Hall–Kier alpha value is -1.15. The molecule has 0 aromatic rings. The molecular weight excluding hydrogens is 188 g/mol. The van der Waals surface area contributed by atoms with Gasteiger partial charge in [0.25, 0.3) is 0 Å². The van der Waals surface area contributed by atoms with Crippen LogP contribution >= 0.6 is 0 Å². The van der Waals surface area contributed by atoms with Crippen LogP contribution in [0.15, 0.2) is 36.0 Å². The van der Waals surface area contributed by atoms with Gasteiger partial charge in [0, 0.05) is 18.1 Å². The number of carbonyl (C=O) groups is 1. The van der Waals surface area contributed by atoms with Crippen LogP contribution in [0.5, 0.6) is 0 Å². The van der Waals surface area contributed by atoms with E-state index in [1.165, 1.54) is 0 Å². The van der Waals surface area contributed by atoms with Gasteiger partial charge in [-0.15, -0.1) is 0 Å². The van der Waals surface area contributed by atoms with E-state index in [4.69, 9.17) is 4.74 Å². The number of ketones is 1. The zero-order valence-electron chi connectivity index (χ0n) is 9.45. The van der Waals surface area contributed by atoms with E-state index in [9.17, 15) is 4.79 Å². The van der Waals surface area contributed by atoms with E-state index < -0.39 is 0 Å². The second kappa shape index (κ2) is 5.66. The molecule has 0 bridgehead atoms. The lowest BCUT2D eigenvalue weighted by Crippen LogP contribution is -2.03. The maximum atomic E-state index is 11.3. The molecule has 0 radical (unpaired) electrons. The van der Waals surface area contributed by atoms with Crippen LogP contribution in [-0.4, -0.2) is 19.0 Å². The fraction of sp³-hybridized carbons (Fsp3) is 0.462. The molecule has 1 heterocycles. The molecule has 1 aliphatic heterocycles. The van der Waals surface area contributed by atoms with Crippen LogP contribution < -0.4 is 0 Å². The second-order valence-corrected chi connectivity index (χ2v) is 3.71. The van der Waals surface area contributed by atoms with Crippen LogP contribution in [0.25, 0.3) is 0 Å². The lowest BCUT2D eigenvalue weighted by molar-refractivity contribution is -0.113. The van der Waals surface area contributed by atoms with Crippen LogP contribution in [0.1, 0.15) is 20.3 Å². The fourth-order valence-electron chi connectivity index (χ4n) is 1.71. The molecule has 0 aliphatic carbocycles. The summed E-state index contributed by atoms with van der Waals surface area (Å²) in [5.74, 6) is 0.493. The van der Waals surface area contributed by atoms with E-state index in [-0.39, 0.29) is 5.78 Å². The predicted molar refractivity (Wildman–Crippen MR) is 61.6 cm³/mol. The summed E-state index contributed by atoms with van der Waals surface area (Å²) in [7, 11) is 0. The molecule has 0 N–H and O–H groups in total. The maximum absolute atomic E-state index is 11.3. The molecule has 1 fully saturated rings. The number of carbonyl (C=O) groups excluding carboxylic acids is 1. The highest BCUT2D eigenvalue weighted by Gasteiger charge is 2.18. The zero-order chi connectivity index (χ0) is 11.3. The molecular formula is C13H18O2. The molecule has 2 heteroatoms. The Morgan fingerprint density at radius 1 is 1.53 bits per heavy atom. The van der Waals surface area contributed by atoms with Crippen molar-refractivity contribution in [2.45, 2.75) is 20.3 Å². The molecule has 1 unspecified atom stereocenters. The number of hydrogen-bond donors (Lipinski definition) is 0. The maximum Gasteiger partial charge on any atom is 0.159 e. The van der Waals surface area contributed by atoms with Crippen molar-refractivity contribution in [3.63, 3.8) is 0 Å². The van der Waals surface area contributed by atoms with E-state index in [0.29, 0.717) is 5.92 Å². The highest BCUT2D eigenvalue weighted by atomic mass is 16.5. The Bertz CT molecular complexity index is 304. The smallest absolute Gasteiger partial charge is 0.159 e. The van der Waals surface area contributed by atoms with Gasteiger partial charge in [-0.2, -0.15) is 0 Å². The first-order chi connectivity index (χ1) is 7.19. The summed E-state index contributed by atoms with van der Waals surface area (Å²) in [5, 5.41) is 0. The van der Waals surface area contributed by atoms with Crippen LogP contribution in [0.3, 0.4) is 0 Å². The average Bonchev–Trinajstić information content (AvgIpc) is 2.72. The van der Waals surface area contributed by atoms with E-state index in [1.807, 2.05) is 25.2 Å². The summed E-state index contributed by atoms with van der Waals surface area (Å²) in [5.41, 5.74) is 1.85. The van der Waals surface area contributed by atoms with Gasteiger partial charge in [-0.25, -0.2) is 0 Å². The summed E-state index contributed by atoms with van der Waals surface area (Å²) in [6, 6.07) is 0. The Kier molecular flexibility index (Phi) is 4.50. The van der Waals surface area contributed by atoms with E-state index in [0.717, 1.165) is 30.8 Å². The van der Waals surface area contributed by atoms with E-state index in [2.05, 4.69) is 6.58 Å². The molecule has 1 atom stereocenters. The van der Waals surface area contributed by atoms with Gasteiger partial charge in [0.1, 0.15) is 0 Å². The van der Waals surface area contributed by atoms with Crippen molar-refractivity contribution in [3.8, 4) is 0 Å². The number of allylic oxidation sites excluding steroid dienone is 4. The molecule has 0 aromatic carbocycles. The normalized spacial score (nSPS) is 22.9. The van der Waals surface area contributed by atoms with Crippen LogP contribution in [0.2, 0.25) is 0 Å². The lowest BCUT2D eigenvalue weighted by atomic mass is 9.95. The van der Waals surface area contributed by atoms with Gasteiger partial charge in [-0.05, 0) is 31.9 Å². The van der Waals surface area contributed by atoms with Crippen LogP contribution in [0, 0.1) is 5.92 Å². The third-order valence-electron chi connectivity index (χ3n) is 2.68. The van der Waals surface area contributed by atoms with Crippen LogP contribution in [-0.2, 0) is 9.53 Å². The van der Waals surface area contributed by atoms with Crippen molar-refractivity contribution in [3.05, 3.63) is 36.0 Å². The summed E-state index contributed by atoms with van der Waals surface area (Å²) in [6.45, 7) is 8.79. The molecule has 2 nitrogen and oxygen atoms in total. The molecule has 0 amide bonds. The highest BCUT2D eigenvalue weighted by Crippen LogP contribution is 2.23. The van der Waals surface area contributed by atoms with Gasteiger partial charge >= 0.3 is 0 Å². The third kappa shape index (κ3) is 3.17. The van der Waals surface area contributed by atoms with Gasteiger partial charge in [0.2, 0.25) is 0 Å². The van der Waals surface area contributed by atoms with Crippen molar-refractivity contribution in [2.75, 3.05) is 13.2 Å². The van der Waals surface area contributed by atoms with Crippen molar-refractivity contribution in [1.29, 1.82) is 0 Å². The lowest BCUT2D eigenvalue weighted by Gasteiger charge is -2.09. The monoisotopic (exact) mass is 206 g/mol. The number of hydrogen-bond acceptors (Lipinski definition) is 2.